The van der Waals surface area contributed by atoms with Crippen molar-refractivity contribution in [2.75, 3.05) is 5.32 Å². The fraction of sp³-hybridized carbons (Fsp3) is 0.357. The van der Waals surface area contributed by atoms with Crippen LogP contribution >= 0.6 is 0 Å². The van der Waals surface area contributed by atoms with Crippen LogP contribution in [0.3, 0.4) is 0 Å². The summed E-state index contributed by atoms with van der Waals surface area (Å²) in [6, 6.07) is 1.65. The summed E-state index contributed by atoms with van der Waals surface area (Å²) >= 11 is 0. The quantitative estimate of drug-likeness (QED) is 0.881. The summed E-state index contributed by atoms with van der Waals surface area (Å²) in [7, 11) is 0. The van der Waals surface area contributed by atoms with Crippen molar-refractivity contribution in [3.63, 3.8) is 0 Å². The molecule has 2 aromatic rings. The summed E-state index contributed by atoms with van der Waals surface area (Å²) in [6.45, 7) is 6.91. The second kappa shape index (κ2) is 5.08. The number of carbonyl (C=O) groups is 2. The largest absolute Gasteiger partial charge is 0.477 e. The van der Waals surface area contributed by atoms with E-state index in [1.165, 1.54) is 6.20 Å². The van der Waals surface area contributed by atoms with Crippen LogP contribution in [0.15, 0.2) is 16.7 Å². The summed E-state index contributed by atoms with van der Waals surface area (Å²) in [5, 5.41) is 11.6. The first-order valence-corrected chi connectivity index (χ1v) is 6.30. The van der Waals surface area contributed by atoms with E-state index in [0.717, 1.165) is 5.56 Å². The summed E-state index contributed by atoms with van der Waals surface area (Å²) in [5.41, 5.74) is 0.388. The molecule has 0 fully saturated rings. The van der Waals surface area contributed by atoms with Crippen molar-refractivity contribution in [1.82, 2.24) is 4.98 Å². The zero-order valence-corrected chi connectivity index (χ0v) is 12.2. The Morgan fingerprint density at radius 3 is 2.62 bits per heavy atom. The lowest BCUT2D eigenvalue weighted by molar-refractivity contribution is 0.0633. The zero-order valence-electron chi connectivity index (χ0n) is 12.2. The Bertz CT molecular complexity index is 712. The van der Waals surface area contributed by atoms with Crippen molar-refractivity contribution >= 4 is 29.0 Å². The number of hydrogen-bond acceptors (Lipinski definition) is 5. The molecule has 2 N–H and O–H groups in total. The topological polar surface area (TPSA) is 102 Å². The predicted molar refractivity (Wildman–Crippen MR) is 75.6 cm³/mol. The van der Waals surface area contributed by atoms with Crippen LogP contribution in [0.4, 0.5) is 10.7 Å². The molecule has 112 valence electrons. The van der Waals surface area contributed by atoms with Gasteiger partial charge in [0.05, 0.1) is 0 Å². The van der Waals surface area contributed by atoms with Crippen LogP contribution in [0.25, 0.3) is 11.1 Å². The summed E-state index contributed by atoms with van der Waals surface area (Å²) in [5.74, 6) is -1.43. The number of carbonyl (C=O) groups excluding carboxylic acids is 1. The van der Waals surface area contributed by atoms with Gasteiger partial charge >= 0.3 is 12.1 Å². The minimum Gasteiger partial charge on any atom is -0.477 e. The molecule has 0 aliphatic rings. The minimum absolute atomic E-state index is 0.180. The Kier molecular flexibility index (Phi) is 3.59. The second-order valence-corrected chi connectivity index (χ2v) is 5.60. The Morgan fingerprint density at radius 1 is 1.38 bits per heavy atom. The number of nitrogens with one attached hydrogen (secondary N) is 1. The number of carboxylic acids is 1. The van der Waals surface area contributed by atoms with Gasteiger partial charge in [-0.1, -0.05) is 0 Å². The molecule has 0 atom stereocenters. The van der Waals surface area contributed by atoms with Crippen LogP contribution in [0.5, 0.6) is 0 Å². The second-order valence-electron chi connectivity index (χ2n) is 5.60. The highest BCUT2D eigenvalue weighted by Gasteiger charge is 2.25. The first-order chi connectivity index (χ1) is 9.67. The monoisotopic (exact) mass is 292 g/mol. The van der Waals surface area contributed by atoms with Gasteiger partial charge in [0.15, 0.2) is 5.58 Å². The Labute approximate surface area is 120 Å². The van der Waals surface area contributed by atoms with Gasteiger partial charge in [0.25, 0.3) is 0 Å². The Hall–Kier alpha value is -2.57. The molecule has 0 spiro atoms. The van der Waals surface area contributed by atoms with E-state index in [1.54, 1.807) is 33.8 Å². The van der Waals surface area contributed by atoms with E-state index < -0.39 is 17.7 Å². The van der Waals surface area contributed by atoms with E-state index in [0.29, 0.717) is 5.58 Å². The molecule has 2 aromatic heterocycles. The standard InChI is InChI=1S/C14H16N2O5/c1-7-5-8-10(15-6-7)9(12(17)18)11(20-8)16-13(19)21-14(2,3)4/h5-6H,1-4H3,(H,16,19)(H,17,18). The first kappa shape index (κ1) is 14.8. The van der Waals surface area contributed by atoms with E-state index in [9.17, 15) is 14.7 Å². The molecule has 0 unspecified atom stereocenters. The third-order valence-electron chi connectivity index (χ3n) is 2.49. The van der Waals surface area contributed by atoms with Gasteiger partial charge < -0.3 is 14.3 Å². The number of hydrogen-bond donors (Lipinski definition) is 2. The number of aromatic carboxylic acids is 1. The number of rotatable bonds is 2. The number of pyridine rings is 1. The van der Waals surface area contributed by atoms with Gasteiger partial charge in [0, 0.05) is 6.20 Å². The van der Waals surface area contributed by atoms with Crippen LogP contribution in [-0.4, -0.2) is 27.8 Å². The maximum Gasteiger partial charge on any atom is 0.414 e. The van der Waals surface area contributed by atoms with Crippen molar-refractivity contribution in [2.24, 2.45) is 0 Å². The van der Waals surface area contributed by atoms with E-state index in [2.05, 4.69) is 10.3 Å². The van der Waals surface area contributed by atoms with E-state index >= 15 is 0 Å². The number of aryl methyl sites for hydroxylation is 1. The molecule has 0 saturated carbocycles. The number of ether oxygens (including phenoxy) is 1. The van der Waals surface area contributed by atoms with Gasteiger partial charge in [-0.15, -0.1) is 0 Å². The molecule has 21 heavy (non-hydrogen) atoms. The molecule has 1 amide bonds. The van der Waals surface area contributed by atoms with Gasteiger partial charge in [-0.3, -0.25) is 10.3 Å². The minimum atomic E-state index is -1.24. The number of anilines is 1. The van der Waals surface area contributed by atoms with Crippen molar-refractivity contribution < 1.29 is 23.8 Å². The van der Waals surface area contributed by atoms with Crippen LogP contribution in [0.2, 0.25) is 0 Å². The molecule has 0 radical (unpaired) electrons. The molecule has 0 aliphatic carbocycles. The number of fused-ring (bicyclic) bond motifs is 1. The number of aromatic nitrogens is 1. The average Bonchev–Trinajstić information content (AvgIpc) is 2.62. The molecule has 7 heteroatoms. The van der Waals surface area contributed by atoms with E-state index in [1.807, 2.05) is 0 Å². The third kappa shape index (κ3) is 3.31. The van der Waals surface area contributed by atoms with Gasteiger partial charge in [-0.25, -0.2) is 9.59 Å². The summed E-state index contributed by atoms with van der Waals surface area (Å²) < 4.78 is 10.4. The zero-order chi connectivity index (χ0) is 15.8. The van der Waals surface area contributed by atoms with Crippen LogP contribution in [-0.2, 0) is 4.74 Å². The molecule has 0 saturated heterocycles. The number of nitrogens with zero attached hydrogens (tertiary/aromatic N) is 1. The maximum atomic E-state index is 11.7. The smallest absolute Gasteiger partial charge is 0.414 e. The van der Waals surface area contributed by atoms with Crippen LogP contribution in [0, 0.1) is 6.92 Å². The van der Waals surface area contributed by atoms with E-state index in [-0.39, 0.29) is 17.0 Å². The van der Waals surface area contributed by atoms with Gasteiger partial charge in [0.1, 0.15) is 16.7 Å². The normalized spacial score (nSPS) is 11.4. The molecule has 0 bridgehead atoms. The molecule has 0 aliphatic heterocycles. The van der Waals surface area contributed by atoms with E-state index in [4.69, 9.17) is 9.15 Å². The lowest BCUT2D eigenvalue weighted by atomic mass is 10.2. The van der Waals surface area contributed by atoms with Gasteiger partial charge in [-0.2, -0.15) is 0 Å². The Balaban J connectivity index is 2.41. The van der Waals surface area contributed by atoms with Crippen molar-refractivity contribution in [1.29, 1.82) is 0 Å². The number of furan rings is 1. The van der Waals surface area contributed by atoms with Gasteiger partial charge in [0.2, 0.25) is 5.88 Å². The molecule has 2 rings (SSSR count). The van der Waals surface area contributed by atoms with Crippen LogP contribution in [0.1, 0.15) is 36.7 Å². The molecular formula is C14H16N2O5. The fourth-order valence-electron chi connectivity index (χ4n) is 1.76. The molecule has 7 nitrogen and oxygen atoms in total. The summed E-state index contributed by atoms with van der Waals surface area (Å²) in [4.78, 5) is 27.1. The molecular weight excluding hydrogens is 276 g/mol. The third-order valence-corrected chi connectivity index (χ3v) is 2.49. The first-order valence-electron chi connectivity index (χ1n) is 6.30. The summed E-state index contributed by atoms with van der Waals surface area (Å²) in [6.07, 6.45) is 0.738. The Morgan fingerprint density at radius 2 is 2.05 bits per heavy atom. The predicted octanol–water partition coefficient (Wildman–Crippen LogP) is 3.18. The SMILES string of the molecule is Cc1cnc2c(C(=O)O)c(NC(=O)OC(C)(C)C)oc2c1. The lowest BCUT2D eigenvalue weighted by Gasteiger charge is -2.19. The van der Waals surface area contributed by atoms with Crippen molar-refractivity contribution in [2.45, 2.75) is 33.3 Å². The highest BCUT2D eigenvalue weighted by molar-refractivity contribution is 6.07. The number of carboxylic acid groups (broad SMARTS) is 1. The van der Waals surface area contributed by atoms with Crippen molar-refractivity contribution in [3.05, 3.63) is 23.4 Å². The van der Waals surface area contributed by atoms with Gasteiger partial charge in [-0.05, 0) is 39.3 Å². The van der Waals surface area contributed by atoms with Crippen molar-refractivity contribution in [3.8, 4) is 0 Å². The number of amides is 1. The lowest BCUT2D eigenvalue weighted by Crippen LogP contribution is -2.27. The maximum absolute atomic E-state index is 11.7. The highest BCUT2D eigenvalue weighted by Crippen LogP contribution is 2.29. The molecule has 2 heterocycles. The molecule has 0 aromatic carbocycles. The fourth-order valence-corrected chi connectivity index (χ4v) is 1.76. The average molecular weight is 292 g/mol. The highest BCUT2D eigenvalue weighted by atomic mass is 16.6. The van der Waals surface area contributed by atoms with Crippen LogP contribution < -0.4 is 5.32 Å².